The molecular weight excluding hydrogens is 268 g/mol. The predicted octanol–water partition coefficient (Wildman–Crippen LogP) is 1.18. The maximum absolute atomic E-state index is 12.0. The Morgan fingerprint density at radius 3 is 2.76 bits per heavy atom. The van der Waals surface area contributed by atoms with E-state index in [2.05, 4.69) is 25.7 Å². The van der Waals surface area contributed by atoms with Crippen molar-refractivity contribution in [2.75, 3.05) is 0 Å². The molecule has 0 bridgehead atoms. The molecule has 21 heavy (non-hydrogen) atoms. The van der Waals surface area contributed by atoms with Crippen LogP contribution in [-0.2, 0) is 11.3 Å². The lowest BCUT2D eigenvalue weighted by molar-refractivity contribution is -0.123. The van der Waals surface area contributed by atoms with E-state index in [0.29, 0.717) is 11.9 Å². The van der Waals surface area contributed by atoms with Crippen LogP contribution >= 0.6 is 0 Å². The Balaban J connectivity index is 1.58. The first-order chi connectivity index (χ1) is 10.3. The molecule has 0 atom stereocenters. The van der Waals surface area contributed by atoms with E-state index in [1.165, 1.54) is 24.1 Å². The molecule has 1 fully saturated rings. The van der Waals surface area contributed by atoms with Gasteiger partial charge in [-0.2, -0.15) is 4.80 Å². The minimum atomic E-state index is -0.0550. The van der Waals surface area contributed by atoms with Gasteiger partial charge in [-0.15, -0.1) is 10.2 Å². The average Bonchev–Trinajstić information content (AvgIpc) is 2.97. The molecule has 7 heteroatoms. The van der Waals surface area contributed by atoms with Crippen molar-refractivity contribution in [3.05, 3.63) is 24.5 Å². The van der Waals surface area contributed by atoms with Gasteiger partial charge in [0.1, 0.15) is 6.54 Å². The van der Waals surface area contributed by atoms with Gasteiger partial charge >= 0.3 is 0 Å². The molecular formula is C14H18N6O. The van der Waals surface area contributed by atoms with Gasteiger partial charge in [-0.25, -0.2) is 0 Å². The predicted molar refractivity (Wildman–Crippen MR) is 76.1 cm³/mol. The van der Waals surface area contributed by atoms with Crippen molar-refractivity contribution in [2.45, 2.75) is 44.7 Å². The van der Waals surface area contributed by atoms with Crippen molar-refractivity contribution in [2.24, 2.45) is 0 Å². The van der Waals surface area contributed by atoms with E-state index in [1.54, 1.807) is 12.4 Å². The Morgan fingerprint density at radius 1 is 1.24 bits per heavy atom. The fourth-order valence-corrected chi connectivity index (χ4v) is 2.58. The number of carbonyl (C=O) groups excluding carboxylic acids is 1. The summed E-state index contributed by atoms with van der Waals surface area (Å²) in [5.74, 6) is 0.448. The van der Waals surface area contributed by atoms with E-state index < -0.39 is 0 Å². The van der Waals surface area contributed by atoms with Gasteiger partial charge in [-0.1, -0.05) is 19.3 Å². The fourth-order valence-electron chi connectivity index (χ4n) is 2.58. The second-order valence-electron chi connectivity index (χ2n) is 5.28. The second-order valence-corrected chi connectivity index (χ2v) is 5.28. The molecule has 0 unspecified atom stereocenters. The van der Waals surface area contributed by atoms with Gasteiger partial charge in [0, 0.05) is 24.0 Å². The number of tetrazole rings is 1. The molecule has 110 valence electrons. The zero-order chi connectivity index (χ0) is 14.5. The largest absolute Gasteiger partial charge is 0.352 e. The van der Waals surface area contributed by atoms with Crippen LogP contribution in [0.4, 0.5) is 0 Å². The molecule has 0 aromatic carbocycles. The highest BCUT2D eigenvalue weighted by Gasteiger charge is 2.16. The average molecular weight is 286 g/mol. The van der Waals surface area contributed by atoms with Crippen molar-refractivity contribution in [3.63, 3.8) is 0 Å². The minimum Gasteiger partial charge on any atom is -0.352 e. The van der Waals surface area contributed by atoms with E-state index in [4.69, 9.17) is 0 Å². The Labute approximate surface area is 122 Å². The summed E-state index contributed by atoms with van der Waals surface area (Å²) in [6.07, 6.45) is 9.14. The van der Waals surface area contributed by atoms with Crippen molar-refractivity contribution in [3.8, 4) is 11.4 Å². The molecule has 7 nitrogen and oxygen atoms in total. The zero-order valence-corrected chi connectivity index (χ0v) is 11.8. The highest BCUT2D eigenvalue weighted by atomic mass is 16.2. The molecule has 1 aliphatic carbocycles. The first-order valence-corrected chi connectivity index (χ1v) is 7.29. The van der Waals surface area contributed by atoms with Crippen molar-refractivity contribution in [1.29, 1.82) is 0 Å². The summed E-state index contributed by atoms with van der Waals surface area (Å²) in [6.45, 7) is 0.106. The number of nitrogens with one attached hydrogen (secondary N) is 1. The molecule has 1 amide bonds. The van der Waals surface area contributed by atoms with Gasteiger partial charge in [0.15, 0.2) is 0 Å². The fraction of sp³-hybridized carbons (Fsp3) is 0.500. The van der Waals surface area contributed by atoms with Gasteiger partial charge < -0.3 is 5.32 Å². The van der Waals surface area contributed by atoms with Crippen LogP contribution in [0.15, 0.2) is 24.5 Å². The molecule has 1 saturated carbocycles. The van der Waals surface area contributed by atoms with Crippen LogP contribution in [0.5, 0.6) is 0 Å². The minimum absolute atomic E-state index is 0.0550. The van der Waals surface area contributed by atoms with E-state index in [-0.39, 0.29) is 12.5 Å². The van der Waals surface area contributed by atoms with Gasteiger partial charge in [0.05, 0.1) is 0 Å². The van der Waals surface area contributed by atoms with Crippen molar-refractivity contribution in [1.82, 2.24) is 30.5 Å². The first kappa shape index (κ1) is 13.7. The number of amides is 1. The van der Waals surface area contributed by atoms with Crippen LogP contribution in [0, 0.1) is 0 Å². The van der Waals surface area contributed by atoms with Crippen LogP contribution in [0.2, 0.25) is 0 Å². The maximum Gasteiger partial charge on any atom is 0.243 e. The number of hydrogen-bond acceptors (Lipinski definition) is 5. The van der Waals surface area contributed by atoms with E-state index in [0.717, 1.165) is 18.4 Å². The Morgan fingerprint density at radius 2 is 2.00 bits per heavy atom. The summed E-state index contributed by atoms with van der Waals surface area (Å²) in [5.41, 5.74) is 0.837. The molecule has 2 aromatic heterocycles. The molecule has 1 aliphatic rings. The summed E-state index contributed by atoms with van der Waals surface area (Å²) in [5, 5.41) is 15.1. The van der Waals surface area contributed by atoms with Gasteiger partial charge in [0.25, 0.3) is 0 Å². The lowest BCUT2D eigenvalue weighted by atomic mass is 9.95. The standard InChI is InChI=1S/C14H18N6O/c21-13(16-12-4-2-1-3-5-12)10-20-18-14(17-19-20)11-6-8-15-9-7-11/h6-9,12H,1-5,10H2,(H,16,21). The van der Waals surface area contributed by atoms with Gasteiger partial charge in [0.2, 0.25) is 11.7 Å². The molecule has 2 heterocycles. The van der Waals surface area contributed by atoms with Gasteiger partial charge in [-0.05, 0) is 30.2 Å². The highest BCUT2D eigenvalue weighted by Crippen LogP contribution is 2.17. The summed E-state index contributed by atoms with van der Waals surface area (Å²) in [4.78, 5) is 17.2. The van der Waals surface area contributed by atoms with E-state index in [9.17, 15) is 4.79 Å². The molecule has 0 saturated heterocycles. The quantitative estimate of drug-likeness (QED) is 0.912. The van der Waals surface area contributed by atoms with Gasteiger partial charge in [-0.3, -0.25) is 9.78 Å². The number of carbonyl (C=O) groups is 1. The second kappa shape index (κ2) is 6.43. The summed E-state index contributed by atoms with van der Waals surface area (Å²) < 4.78 is 0. The monoisotopic (exact) mass is 286 g/mol. The van der Waals surface area contributed by atoms with Crippen molar-refractivity contribution >= 4 is 5.91 Å². The lowest BCUT2D eigenvalue weighted by Gasteiger charge is -2.22. The smallest absolute Gasteiger partial charge is 0.243 e. The first-order valence-electron chi connectivity index (χ1n) is 7.29. The molecule has 1 N–H and O–H groups in total. The Kier molecular flexibility index (Phi) is 4.18. The summed E-state index contributed by atoms with van der Waals surface area (Å²) in [6, 6.07) is 3.92. The third-order valence-electron chi connectivity index (χ3n) is 3.65. The van der Waals surface area contributed by atoms with Crippen LogP contribution in [-0.4, -0.2) is 37.1 Å². The Hall–Kier alpha value is -2.31. The topological polar surface area (TPSA) is 85.6 Å². The molecule has 3 rings (SSSR count). The SMILES string of the molecule is O=C(Cn1nnc(-c2ccncc2)n1)NC1CCCCC1. The summed E-state index contributed by atoms with van der Waals surface area (Å²) in [7, 11) is 0. The molecule has 0 radical (unpaired) electrons. The number of nitrogens with zero attached hydrogens (tertiary/aromatic N) is 5. The number of pyridine rings is 1. The normalized spacial score (nSPS) is 15.8. The van der Waals surface area contributed by atoms with Crippen LogP contribution < -0.4 is 5.32 Å². The zero-order valence-electron chi connectivity index (χ0n) is 11.8. The maximum atomic E-state index is 12.0. The van der Waals surface area contributed by atoms with Crippen molar-refractivity contribution < 1.29 is 4.79 Å². The number of hydrogen-bond donors (Lipinski definition) is 1. The molecule has 2 aromatic rings. The Bertz CT molecular complexity index is 591. The molecule has 0 spiro atoms. The highest BCUT2D eigenvalue weighted by molar-refractivity contribution is 5.75. The number of rotatable bonds is 4. The van der Waals surface area contributed by atoms with E-state index >= 15 is 0 Å². The van der Waals surface area contributed by atoms with Crippen LogP contribution in [0.3, 0.4) is 0 Å². The van der Waals surface area contributed by atoms with E-state index in [1.807, 2.05) is 12.1 Å². The summed E-state index contributed by atoms with van der Waals surface area (Å²) >= 11 is 0. The lowest BCUT2D eigenvalue weighted by Crippen LogP contribution is -2.38. The third kappa shape index (κ3) is 3.62. The van der Waals surface area contributed by atoms with Crippen LogP contribution in [0.25, 0.3) is 11.4 Å². The molecule has 0 aliphatic heterocycles. The number of aromatic nitrogens is 5. The third-order valence-corrected chi connectivity index (χ3v) is 3.65. The van der Waals surface area contributed by atoms with Crippen LogP contribution in [0.1, 0.15) is 32.1 Å².